The number of aliphatic hydroxyl groups is 1. The Balaban J connectivity index is 1.99. The number of benzene rings is 1. The first-order valence-corrected chi connectivity index (χ1v) is 5.59. The summed E-state index contributed by atoms with van der Waals surface area (Å²) in [7, 11) is 0. The molecule has 1 aliphatic rings. The molecule has 1 nitrogen and oxygen atoms in total. The van der Waals surface area contributed by atoms with E-state index in [0.29, 0.717) is 5.92 Å². The lowest BCUT2D eigenvalue weighted by atomic mass is 9.87. The lowest BCUT2D eigenvalue weighted by molar-refractivity contribution is 0.115. The Morgan fingerprint density at radius 1 is 1.13 bits per heavy atom. The Morgan fingerprint density at radius 3 is 2.67 bits per heavy atom. The van der Waals surface area contributed by atoms with E-state index in [1.807, 2.05) is 30.3 Å². The van der Waals surface area contributed by atoms with E-state index in [1.165, 1.54) is 0 Å². The van der Waals surface area contributed by atoms with Crippen molar-refractivity contribution in [2.75, 3.05) is 0 Å². The van der Waals surface area contributed by atoms with Gasteiger partial charge in [-0.05, 0) is 37.8 Å². The molecule has 2 atom stereocenters. The molecule has 0 spiro atoms. The summed E-state index contributed by atoms with van der Waals surface area (Å²) in [4.78, 5) is 0. The minimum Gasteiger partial charge on any atom is -0.393 e. The highest BCUT2D eigenvalue weighted by atomic mass is 16.3. The average molecular weight is 200 g/mol. The molecule has 0 saturated heterocycles. The molecular formula is C14H16O. The highest BCUT2D eigenvalue weighted by Crippen LogP contribution is 2.23. The van der Waals surface area contributed by atoms with Gasteiger partial charge in [0.15, 0.2) is 0 Å². The molecule has 1 heteroatoms. The molecule has 15 heavy (non-hydrogen) atoms. The van der Waals surface area contributed by atoms with Crippen LogP contribution in [0.15, 0.2) is 30.3 Å². The minimum absolute atomic E-state index is 0.131. The van der Waals surface area contributed by atoms with Crippen molar-refractivity contribution in [3.8, 4) is 11.8 Å². The molecule has 0 radical (unpaired) electrons. The monoisotopic (exact) mass is 200 g/mol. The lowest BCUT2D eigenvalue weighted by Crippen LogP contribution is -2.18. The molecular weight excluding hydrogens is 184 g/mol. The second-order valence-electron chi connectivity index (χ2n) is 4.15. The summed E-state index contributed by atoms with van der Waals surface area (Å²) in [5.41, 5.74) is 1.07. The summed E-state index contributed by atoms with van der Waals surface area (Å²) in [5, 5.41) is 9.51. The smallest absolute Gasteiger partial charge is 0.0552 e. The van der Waals surface area contributed by atoms with E-state index in [2.05, 4.69) is 11.8 Å². The van der Waals surface area contributed by atoms with Gasteiger partial charge < -0.3 is 5.11 Å². The second-order valence-corrected chi connectivity index (χ2v) is 4.15. The van der Waals surface area contributed by atoms with Gasteiger partial charge in [-0.3, -0.25) is 0 Å². The maximum absolute atomic E-state index is 9.51. The molecule has 1 aliphatic carbocycles. The molecule has 0 aromatic heterocycles. The first kappa shape index (κ1) is 10.3. The molecule has 0 aliphatic heterocycles. The van der Waals surface area contributed by atoms with Crippen molar-refractivity contribution in [3.05, 3.63) is 35.9 Å². The molecule has 1 aromatic rings. The Labute approximate surface area is 91.1 Å². The van der Waals surface area contributed by atoms with Crippen LogP contribution in [0, 0.1) is 17.8 Å². The Bertz CT molecular complexity index is 358. The van der Waals surface area contributed by atoms with E-state index in [4.69, 9.17) is 0 Å². The molecule has 1 aromatic carbocycles. The number of hydrogen-bond donors (Lipinski definition) is 1. The predicted octanol–water partition coefficient (Wildman–Crippen LogP) is 2.59. The SMILES string of the molecule is OC1CCCC(C#Cc2ccccc2)C1. The fourth-order valence-corrected chi connectivity index (χ4v) is 2.00. The molecule has 0 amide bonds. The van der Waals surface area contributed by atoms with Gasteiger partial charge in [-0.25, -0.2) is 0 Å². The quantitative estimate of drug-likeness (QED) is 0.638. The van der Waals surface area contributed by atoms with Crippen LogP contribution in [0.5, 0.6) is 0 Å². The number of hydrogen-bond acceptors (Lipinski definition) is 1. The molecule has 2 rings (SSSR count). The first-order valence-electron chi connectivity index (χ1n) is 5.59. The van der Waals surface area contributed by atoms with Crippen LogP contribution >= 0.6 is 0 Å². The van der Waals surface area contributed by atoms with Crippen molar-refractivity contribution in [1.82, 2.24) is 0 Å². The van der Waals surface area contributed by atoms with E-state index in [0.717, 1.165) is 31.2 Å². The zero-order valence-electron chi connectivity index (χ0n) is 8.82. The van der Waals surface area contributed by atoms with Crippen LogP contribution in [0.4, 0.5) is 0 Å². The van der Waals surface area contributed by atoms with Crippen molar-refractivity contribution in [1.29, 1.82) is 0 Å². The third-order valence-corrected chi connectivity index (χ3v) is 2.84. The molecule has 1 N–H and O–H groups in total. The van der Waals surface area contributed by atoms with Crippen molar-refractivity contribution in [3.63, 3.8) is 0 Å². The van der Waals surface area contributed by atoms with Crippen LogP contribution in [0.25, 0.3) is 0 Å². The molecule has 2 unspecified atom stereocenters. The maximum Gasteiger partial charge on any atom is 0.0552 e. The highest BCUT2D eigenvalue weighted by molar-refractivity contribution is 5.34. The Kier molecular flexibility index (Phi) is 3.42. The Morgan fingerprint density at radius 2 is 1.93 bits per heavy atom. The van der Waals surface area contributed by atoms with Gasteiger partial charge in [0.2, 0.25) is 0 Å². The van der Waals surface area contributed by atoms with Gasteiger partial charge >= 0.3 is 0 Å². The summed E-state index contributed by atoms with van der Waals surface area (Å²) in [6.07, 6.45) is 3.91. The molecule has 1 fully saturated rings. The highest BCUT2D eigenvalue weighted by Gasteiger charge is 2.17. The molecule has 78 valence electrons. The van der Waals surface area contributed by atoms with Crippen molar-refractivity contribution in [2.45, 2.75) is 31.8 Å². The van der Waals surface area contributed by atoms with Gasteiger partial charge in [0, 0.05) is 11.5 Å². The molecule has 0 bridgehead atoms. The molecule has 1 saturated carbocycles. The van der Waals surface area contributed by atoms with Crippen LogP contribution < -0.4 is 0 Å². The summed E-state index contributed by atoms with van der Waals surface area (Å²) in [6, 6.07) is 10.0. The van der Waals surface area contributed by atoms with Gasteiger partial charge in [0.1, 0.15) is 0 Å². The normalized spacial score (nSPS) is 25.4. The Hall–Kier alpha value is -1.26. The topological polar surface area (TPSA) is 20.2 Å². The third-order valence-electron chi connectivity index (χ3n) is 2.84. The summed E-state index contributed by atoms with van der Waals surface area (Å²) in [6.45, 7) is 0. The summed E-state index contributed by atoms with van der Waals surface area (Å²) < 4.78 is 0. The number of rotatable bonds is 0. The predicted molar refractivity (Wildman–Crippen MR) is 61.3 cm³/mol. The van der Waals surface area contributed by atoms with Gasteiger partial charge in [-0.2, -0.15) is 0 Å². The first-order chi connectivity index (χ1) is 7.34. The minimum atomic E-state index is -0.131. The zero-order chi connectivity index (χ0) is 10.5. The fourth-order valence-electron chi connectivity index (χ4n) is 2.00. The average Bonchev–Trinajstić information content (AvgIpc) is 2.28. The van der Waals surface area contributed by atoms with Crippen molar-refractivity contribution < 1.29 is 5.11 Å². The number of aliphatic hydroxyl groups excluding tert-OH is 1. The lowest BCUT2D eigenvalue weighted by Gasteiger charge is -2.21. The summed E-state index contributed by atoms with van der Waals surface area (Å²) >= 11 is 0. The van der Waals surface area contributed by atoms with E-state index in [-0.39, 0.29) is 6.10 Å². The van der Waals surface area contributed by atoms with Crippen LogP contribution in [0.1, 0.15) is 31.2 Å². The molecule has 0 heterocycles. The van der Waals surface area contributed by atoms with Gasteiger partial charge in [-0.1, -0.05) is 30.0 Å². The van der Waals surface area contributed by atoms with E-state index in [9.17, 15) is 5.11 Å². The van der Waals surface area contributed by atoms with Crippen LogP contribution in [0.3, 0.4) is 0 Å². The van der Waals surface area contributed by atoms with Crippen molar-refractivity contribution >= 4 is 0 Å². The van der Waals surface area contributed by atoms with Gasteiger partial charge in [0.25, 0.3) is 0 Å². The van der Waals surface area contributed by atoms with Crippen LogP contribution in [0.2, 0.25) is 0 Å². The standard InChI is InChI=1S/C14H16O/c15-14-8-4-7-13(11-14)10-9-12-5-2-1-3-6-12/h1-3,5-6,13-15H,4,7-8,11H2. The summed E-state index contributed by atoms with van der Waals surface area (Å²) in [5.74, 6) is 6.82. The van der Waals surface area contributed by atoms with Gasteiger partial charge in [0.05, 0.1) is 6.10 Å². The fraction of sp³-hybridized carbons (Fsp3) is 0.429. The second kappa shape index (κ2) is 5.00. The largest absolute Gasteiger partial charge is 0.393 e. The van der Waals surface area contributed by atoms with Crippen LogP contribution in [-0.2, 0) is 0 Å². The van der Waals surface area contributed by atoms with E-state index < -0.39 is 0 Å². The maximum atomic E-state index is 9.51. The van der Waals surface area contributed by atoms with Crippen LogP contribution in [-0.4, -0.2) is 11.2 Å². The van der Waals surface area contributed by atoms with E-state index >= 15 is 0 Å². The zero-order valence-corrected chi connectivity index (χ0v) is 8.82. The third kappa shape index (κ3) is 3.11. The van der Waals surface area contributed by atoms with Gasteiger partial charge in [-0.15, -0.1) is 0 Å². The van der Waals surface area contributed by atoms with E-state index in [1.54, 1.807) is 0 Å². The van der Waals surface area contributed by atoms with Crippen molar-refractivity contribution in [2.24, 2.45) is 5.92 Å².